The molecular weight excluding hydrogens is 312 g/mol. The first-order valence-corrected chi connectivity index (χ1v) is 7.71. The Kier molecular flexibility index (Phi) is 4.55. The van der Waals surface area contributed by atoms with Gasteiger partial charge in [0.1, 0.15) is 5.75 Å². The fourth-order valence-corrected chi connectivity index (χ4v) is 3.26. The number of hydrogen-bond donors (Lipinski definition) is 3. The van der Waals surface area contributed by atoms with E-state index in [1.165, 1.54) is 12.1 Å². The Bertz CT molecular complexity index is 685. The maximum Gasteiger partial charge on any atom is 0.273 e. The minimum absolute atomic E-state index is 0.0306. The van der Waals surface area contributed by atoms with Gasteiger partial charge in [-0.3, -0.25) is 20.4 Å². The number of phenols is 1. The fourth-order valence-electron chi connectivity index (χ4n) is 3.26. The molecule has 3 N–H and O–H groups in total. The Labute approximate surface area is 140 Å². The standard InChI is InChI=1S/C17H22N2O5/c1-16(2)11(8-9-17(16,3)15(23)24)14(22)19-18-13(21)10-6-4-5-7-12(10)20/h4-7,11,20H,8-9H2,1-3H3,(H,18,21)(H,19,22)(H,23,24)/p-1. The van der Waals surface area contributed by atoms with E-state index in [1.807, 2.05) is 0 Å². The number of hydrazine groups is 1. The number of hydrogen-bond acceptors (Lipinski definition) is 5. The number of phenolic OH excluding ortho intramolecular Hbond substituents is 1. The molecule has 7 nitrogen and oxygen atoms in total. The minimum atomic E-state index is -1.18. The second-order valence-corrected chi connectivity index (χ2v) is 6.89. The van der Waals surface area contributed by atoms with Gasteiger partial charge in [0.05, 0.1) is 5.56 Å². The highest BCUT2D eigenvalue weighted by Gasteiger charge is 2.54. The Morgan fingerprint density at radius 3 is 2.33 bits per heavy atom. The summed E-state index contributed by atoms with van der Waals surface area (Å²) in [6, 6.07) is 5.94. The SMILES string of the molecule is CC1(C(=O)[O-])CCC(C(=O)NNC(=O)c2ccccc2O)C1(C)C. The zero-order valence-electron chi connectivity index (χ0n) is 13.9. The number of carboxylic acid groups (broad SMARTS) is 1. The van der Waals surface area contributed by atoms with Crippen molar-refractivity contribution in [3.05, 3.63) is 29.8 Å². The quantitative estimate of drug-likeness (QED) is 0.690. The maximum atomic E-state index is 12.4. The topological polar surface area (TPSA) is 119 Å². The number of rotatable bonds is 3. The molecule has 0 radical (unpaired) electrons. The average molecular weight is 333 g/mol. The van der Waals surface area contributed by atoms with Gasteiger partial charge in [0.25, 0.3) is 5.91 Å². The molecule has 0 spiro atoms. The number of benzene rings is 1. The average Bonchev–Trinajstić information content (AvgIpc) is 2.76. The Balaban J connectivity index is 2.05. The van der Waals surface area contributed by atoms with E-state index in [1.54, 1.807) is 32.9 Å². The summed E-state index contributed by atoms with van der Waals surface area (Å²) in [5, 5.41) is 21.1. The van der Waals surface area contributed by atoms with Crippen molar-refractivity contribution in [1.29, 1.82) is 0 Å². The number of aliphatic carboxylic acids is 1. The summed E-state index contributed by atoms with van der Waals surface area (Å²) >= 11 is 0. The summed E-state index contributed by atoms with van der Waals surface area (Å²) in [6.07, 6.45) is 0.712. The van der Waals surface area contributed by atoms with E-state index in [2.05, 4.69) is 10.9 Å². The molecule has 0 saturated heterocycles. The summed E-state index contributed by atoms with van der Waals surface area (Å²) < 4.78 is 0. The van der Waals surface area contributed by atoms with Crippen LogP contribution in [0.3, 0.4) is 0 Å². The molecule has 130 valence electrons. The third kappa shape index (κ3) is 2.81. The molecule has 1 aromatic rings. The van der Waals surface area contributed by atoms with Gasteiger partial charge in [0.15, 0.2) is 0 Å². The van der Waals surface area contributed by atoms with Crippen molar-refractivity contribution in [2.24, 2.45) is 16.7 Å². The van der Waals surface area contributed by atoms with Crippen molar-refractivity contribution in [2.75, 3.05) is 0 Å². The number of carbonyl (C=O) groups excluding carboxylic acids is 3. The number of carboxylic acids is 1. The van der Waals surface area contributed by atoms with Gasteiger partial charge in [0, 0.05) is 17.3 Å². The molecule has 2 amide bonds. The van der Waals surface area contributed by atoms with E-state index in [4.69, 9.17) is 0 Å². The second-order valence-electron chi connectivity index (χ2n) is 6.89. The number of amides is 2. The van der Waals surface area contributed by atoms with Gasteiger partial charge in [-0.25, -0.2) is 0 Å². The van der Waals surface area contributed by atoms with E-state index in [0.717, 1.165) is 0 Å². The summed E-state index contributed by atoms with van der Waals surface area (Å²) in [4.78, 5) is 35.8. The highest BCUT2D eigenvalue weighted by Crippen LogP contribution is 2.55. The molecule has 2 unspecified atom stereocenters. The van der Waals surface area contributed by atoms with Crippen LogP contribution >= 0.6 is 0 Å². The van der Waals surface area contributed by atoms with E-state index >= 15 is 0 Å². The van der Waals surface area contributed by atoms with E-state index in [9.17, 15) is 24.6 Å². The monoisotopic (exact) mass is 333 g/mol. The van der Waals surface area contributed by atoms with Crippen LogP contribution in [0.25, 0.3) is 0 Å². The van der Waals surface area contributed by atoms with Crippen LogP contribution in [0.4, 0.5) is 0 Å². The van der Waals surface area contributed by atoms with Crippen LogP contribution in [0, 0.1) is 16.7 Å². The molecule has 1 aliphatic rings. The van der Waals surface area contributed by atoms with E-state index in [0.29, 0.717) is 12.8 Å². The number of carbonyl (C=O) groups is 3. The highest BCUT2D eigenvalue weighted by atomic mass is 16.4. The van der Waals surface area contributed by atoms with Crippen LogP contribution in [0.5, 0.6) is 5.75 Å². The lowest BCUT2D eigenvalue weighted by Crippen LogP contribution is -2.52. The predicted molar refractivity (Wildman–Crippen MR) is 83.3 cm³/mol. The van der Waals surface area contributed by atoms with Crippen molar-refractivity contribution >= 4 is 17.8 Å². The van der Waals surface area contributed by atoms with Crippen LogP contribution in [-0.4, -0.2) is 22.9 Å². The molecule has 0 aliphatic heterocycles. The molecule has 0 aromatic heterocycles. The van der Waals surface area contributed by atoms with Crippen molar-refractivity contribution in [1.82, 2.24) is 10.9 Å². The first-order chi connectivity index (χ1) is 11.1. The summed E-state index contributed by atoms with van der Waals surface area (Å²) in [5.41, 5.74) is 2.66. The normalized spacial score (nSPS) is 25.0. The van der Waals surface area contributed by atoms with Gasteiger partial charge in [-0.15, -0.1) is 0 Å². The van der Waals surface area contributed by atoms with Crippen molar-refractivity contribution < 1.29 is 24.6 Å². The molecule has 1 aliphatic carbocycles. The minimum Gasteiger partial charge on any atom is -0.550 e. The third-order valence-corrected chi connectivity index (χ3v) is 5.44. The van der Waals surface area contributed by atoms with Gasteiger partial charge in [0.2, 0.25) is 5.91 Å². The number of para-hydroxylation sites is 1. The van der Waals surface area contributed by atoms with Crippen molar-refractivity contribution in [3.63, 3.8) is 0 Å². The van der Waals surface area contributed by atoms with Crippen LogP contribution in [0.1, 0.15) is 44.0 Å². The Hall–Kier alpha value is -2.57. The Morgan fingerprint density at radius 1 is 1.17 bits per heavy atom. The lowest BCUT2D eigenvalue weighted by molar-refractivity contribution is -0.323. The van der Waals surface area contributed by atoms with Crippen molar-refractivity contribution in [3.8, 4) is 5.75 Å². The smallest absolute Gasteiger partial charge is 0.273 e. The predicted octanol–water partition coefficient (Wildman–Crippen LogP) is 0.346. The molecule has 0 bridgehead atoms. The lowest BCUT2D eigenvalue weighted by Gasteiger charge is -2.41. The van der Waals surface area contributed by atoms with Gasteiger partial charge in [-0.2, -0.15) is 0 Å². The molecule has 1 saturated carbocycles. The lowest BCUT2D eigenvalue weighted by atomic mass is 9.65. The van der Waals surface area contributed by atoms with Gasteiger partial charge in [-0.1, -0.05) is 32.9 Å². The van der Waals surface area contributed by atoms with Gasteiger partial charge < -0.3 is 15.0 Å². The first kappa shape index (κ1) is 17.8. The highest BCUT2D eigenvalue weighted by molar-refractivity contribution is 5.98. The first-order valence-electron chi connectivity index (χ1n) is 7.71. The largest absolute Gasteiger partial charge is 0.550 e. The third-order valence-electron chi connectivity index (χ3n) is 5.44. The summed E-state index contributed by atoms with van der Waals surface area (Å²) in [5.74, 6) is -3.07. The van der Waals surface area contributed by atoms with Crippen LogP contribution in [0.2, 0.25) is 0 Å². The summed E-state index contributed by atoms with van der Waals surface area (Å²) in [6.45, 7) is 5.01. The van der Waals surface area contributed by atoms with Gasteiger partial charge in [-0.05, 0) is 30.4 Å². The molecule has 2 rings (SSSR count). The van der Waals surface area contributed by atoms with Crippen molar-refractivity contribution in [2.45, 2.75) is 33.6 Å². The van der Waals surface area contributed by atoms with Gasteiger partial charge >= 0.3 is 0 Å². The van der Waals surface area contributed by atoms with E-state index in [-0.39, 0.29) is 11.3 Å². The fraction of sp³-hybridized carbons (Fsp3) is 0.471. The van der Waals surface area contributed by atoms with Crippen LogP contribution in [0.15, 0.2) is 24.3 Å². The molecule has 7 heteroatoms. The van der Waals surface area contributed by atoms with Crippen LogP contribution < -0.4 is 16.0 Å². The second kappa shape index (κ2) is 6.14. The molecule has 24 heavy (non-hydrogen) atoms. The molecule has 2 atom stereocenters. The number of nitrogens with one attached hydrogen (secondary N) is 2. The zero-order chi connectivity index (χ0) is 18.1. The van der Waals surface area contributed by atoms with E-state index < -0.39 is 34.5 Å². The molecule has 1 aromatic carbocycles. The molecular formula is C17H21N2O5-. The molecule has 1 fully saturated rings. The zero-order valence-corrected chi connectivity index (χ0v) is 13.9. The maximum absolute atomic E-state index is 12.4. The summed E-state index contributed by atoms with van der Waals surface area (Å²) in [7, 11) is 0. The molecule has 0 heterocycles. The number of aromatic hydroxyl groups is 1. The van der Waals surface area contributed by atoms with Crippen LogP contribution in [-0.2, 0) is 9.59 Å². The Morgan fingerprint density at radius 2 is 1.79 bits per heavy atom.